The van der Waals surface area contributed by atoms with E-state index < -0.39 is 0 Å². The molecule has 0 bridgehead atoms. The molecule has 0 aliphatic carbocycles. The Kier molecular flexibility index (Phi) is 4.47. The van der Waals surface area contributed by atoms with Gasteiger partial charge in [-0.05, 0) is 25.1 Å². The lowest BCUT2D eigenvalue weighted by atomic mass is 10.1. The van der Waals surface area contributed by atoms with E-state index in [1.807, 2.05) is 35.3 Å². The summed E-state index contributed by atoms with van der Waals surface area (Å²) in [5.74, 6) is 0. The molecule has 2 heterocycles. The maximum Gasteiger partial charge on any atom is 0.0782 e. The first-order chi connectivity index (χ1) is 8.85. The first-order valence-electron chi connectivity index (χ1n) is 6.51. The lowest BCUT2D eigenvalue weighted by Crippen LogP contribution is -2.22. The van der Waals surface area contributed by atoms with Crippen LogP contribution in [0, 0.1) is 0 Å². The number of pyridine rings is 1. The zero-order valence-corrected chi connectivity index (χ0v) is 11.0. The highest BCUT2D eigenvalue weighted by molar-refractivity contribution is 5.23. The fourth-order valence-corrected chi connectivity index (χ4v) is 2.02. The van der Waals surface area contributed by atoms with Crippen LogP contribution in [-0.2, 0) is 6.54 Å². The van der Waals surface area contributed by atoms with E-state index in [1.165, 1.54) is 5.56 Å². The van der Waals surface area contributed by atoms with E-state index in [0.29, 0.717) is 0 Å². The number of aromatic nitrogens is 3. The Morgan fingerprint density at radius 1 is 1.33 bits per heavy atom. The molecule has 1 unspecified atom stereocenters. The number of hydrogen-bond acceptors (Lipinski definition) is 3. The summed E-state index contributed by atoms with van der Waals surface area (Å²) in [6, 6.07) is 6.13. The van der Waals surface area contributed by atoms with E-state index in [1.54, 1.807) is 0 Å². The molecule has 0 amide bonds. The van der Waals surface area contributed by atoms with E-state index in [-0.39, 0.29) is 6.04 Å². The van der Waals surface area contributed by atoms with Gasteiger partial charge >= 0.3 is 0 Å². The van der Waals surface area contributed by atoms with Gasteiger partial charge in [-0.25, -0.2) is 0 Å². The van der Waals surface area contributed by atoms with Crippen LogP contribution in [-0.4, -0.2) is 21.3 Å². The molecule has 4 nitrogen and oxygen atoms in total. The molecule has 2 aromatic rings. The molecular formula is C14H20N4. The maximum atomic E-state index is 4.43. The van der Waals surface area contributed by atoms with Gasteiger partial charge in [0.1, 0.15) is 0 Å². The second-order valence-corrected chi connectivity index (χ2v) is 4.28. The molecule has 2 aromatic heterocycles. The summed E-state index contributed by atoms with van der Waals surface area (Å²) >= 11 is 0. The molecular weight excluding hydrogens is 224 g/mol. The van der Waals surface area contributed by atoms with E-state index >= 15 is 0 Å². The molecule has 0 radical (unpaired) electrons. The Labute approximate surface area is 108 Å². The predicted octanol–water partition coefficient (Wildman–Crippen LogP) is 2.39. The monoisotopic (exact) mass is 244 g/mol. The number of rotatable bonds is 6. The van der Waals surface area contributed by atoms with Gasteiger partial charge in [0, 0.05) is 24.5 Å². The number of aryl methyl sites for hydroxylation is 1. The van der Waals surface area contributed by atoms with Gasteiger partial charge in [0.05, 0.1) is 17.9 Å². The standard InChI is InChI=1S/C14H20N4/c1-3-9-18-11-12(10-17-18)14(15-4-2)13-7-5-6-8-16-13/h5-8,10-11,14-15H,3-4,9H2,1-2H3. The third-order valence-corrected chi connectivity index (χ3v) is 2.83. The second-order valence-electron chi connectivity index (χ2n) is 4.28. The molecule has 0 spiro atoms. The van der Waals surface area contributed by atoms with Gasteiger partial charge in [0.15, 0.2) is 0 Å². The van der Waals surface area contributed by atoms with E-state index in [9.17, 15) is 0 Å². The van der Waals surface area contributed by atoms with Crippen LogP contribution < -0.4 is 5.32 Å². The van der Waals surface area contributed by atoms with Crippen molar-refractivity contribution in [2.75, 3.05) is 6.54 Å². The molecule has 2 rings (SSSR count). The fourth-order valence-electron chi connectivity index (χ4n) is 2.02. The van der Waals surface area contributed by atoms with Crippen LogP contribution >= 0.6 is 0 Å². The van der Waals surface area contributed by atoms with Gasteiger partial charge in [0.25, 0.3) is 0 Å². The van der Waals surface area contributed by atoms with Crippen LogP contribution in [0.25, 0.3) is 0 Å². The smallest absolute Gasteiger partial charge is 0.0782 e. The fraction of sp³-hybridized carbons (Fsp3) is 0.429. The number of hydrogen-bond donors (Lipinski definition) is 1. The zero-order chi connectivity index (χ0) is 12.8. The van der Waals surface area contributed by atoms with Gasteiger partial charge in [-0.1, -0.05) is 19.9 Å². The first kappa shape index (κ1) is 12.8. The van der Waals surface area contributed by atoms with Crippen LogP contribution in [0.1, 0.15) is 37.6 Å². The molecule has 1 atom stereocenters. The molecule has 0 saturated carbocycles. The summed E-state index contributed by atoms with van der Waals surface area (Å²) in [4.78, 5) is 4.43. The molecule has 0 aromatic carbocycles. The van der Waals surface area contributed by atoms with E-state index in [0.717, 1.165) is 25.2 Å². The van der Waals surface area contributed by atoms with Crippen molar-refractivity contribution >= 4 is 0 Å². The summed E-state index contributed by atoms with van der Waals surface area (Å²) in [5, 5.41) is 7.84. The third kappa shape index (κ3) is 2.96. The Morgan fingerprint density at radius 2 is 2.22 bits per heavy atom. The van der Waals surface area contributed by atoms with Crippen molar-refractivity contribution in [3.63, 3.8) is 0 Å². The summed E-state index contributed by atoms with van der Waals surface area (Å²) in [6.45, 7) is 6.12. The van der Waals surface area contributed by atoms with Gasteiger partial charge in [-0.15, -0.1) is 0 Å². The minimum atomic E-state index is 0.127. The van der Waals surface area contributed by atoms with Crippen molar-refractivity contribution in [1.29, 1.82) is 0 Å². The number of nitrogens with one attached hydrogen (secondary N) is 1. The highest BCUT2D eigenvalue weighted by Crippen LogP contribution is 2.19. The molecule has 0 aliphatic rings. The van der Waals surface area contributed by atoms with Gasteiger partial charge in [0.2, 0.25) is 0 Å². The topological polar surface area (TPSA) is 42.7 Å². The molecule has 1 N–H and O–H groups in total. The van der Waals surface area contributed by atoms with E-state index in [4.69, 9.17) is 0 Å². The summed E-state index contributed by atoms with van der Waals surface area (Å²) in [5.41, 5.74) is 2.21. The lowest BCUT2D eigenvalue weighted by molar-refractivity contribution is 0.594. The van der Waals surface area contributed by atoms with Gasteiger partial charge in [-0.2, -0.15) is 5.10 Å². The first-order valence-corrected chi connectivity index (χ1v) is 6.51. The Bertz CT molecular complexity index is 464. The second kappa shape index (κ2) is 6.31. The molecule has 0 saturated heterocycles. The summed E-state index contributed by atoms with van der Waals surface area (Å²) < 4.78 is 1.99. The molecule has 0 aliphatic heterocycles. The van der Waals surface area contributed by atoms with Crippen molar-refractivity contribution in [2.24, 2.45) is 0 Å². The summed E-state index contributed by atoms with van der Waals surface area (Å²) in [6.07, 6.45) is 6.95. The van der Waals surface area contributed by atoms with Crippen molar-refractivity contribution in [3.8, 4) is 0 Å². The third-order valence-electron chi connectivity index (χ3n) is 2.83. The van der Waals surface area contributed by atoms with Crippen LogP contribution in [0.3, 0.4) is 0 Å². The average molecular weight is 244 g/mol. The highest BCUT2D eigenvalue weighted by Gasteiger charge is 2.15. The minimum Gasteiger partial charge on any atom is -0.305 e. The van der Waals surface area contributed by atoms with Crippen LogP contribution in [0.15, 0.2) is 36.8 Å². The number of nitrogens with zero attached hydrogens (tertiary/aromatic N) is 3. The maximum absolute atomic E-state index is 4.43. The Hall–Kier alpha value is -1.68. The van der Waals surface area contributed by atoms with Crippen molar-refractivity contribution in [1.82, 2.24) is 20.1 Å². The van der Waals surface area contributed by atoms with Crippen LogP contribution in [0.4, 0.5) is 0 Å². The van der Waals surface area contributed by atoms with E-state index in [2.05, 4.69) is 35.4 Å². The molecule has 96 valence electrons. The molecule has 18 heavy (non-hydrogen) atoms. The largest absolute Gasteiger partial charge is 0.305 e. The van der Waals surface area contributed by atoms with Crippen molar-refractivity contribution in [2.45, 2.75) is 32.9 Å². The SMILES string of the molecule is CCCn1cc(C(NCC)c2ccccn2)cn1. The Morgan fingerprint density at radius 3 is 2.89 bits per heavy atom. The molecule has 0 fully saturated rings. The average Bonchev–Trinajstić information content (AvgIpc) is 2.86. The van der Waals surface area contributed by atoms with Gasteiger partial charge in [-0.3, -0.25) is 9.67 Å². The quantitative estimate of drug-likeness (QED) is 0.848. The highest BCUT2D eigenvalue weighted by atomic mass is 15.3. The van der Waals surface area contributed by atoms with Crippen LogP contribution in [0.2, 0.25) is 0 Å². The summed E-state index contributed by atoms with van der Waals surface area (Å²) in [7, 11) is 0. The lowest BCUT2D eigenvalue weighted by Gasteiger charge is -2.15. The van der Waals surface area contributed by atoms with Gasteiger partial charge < -0.3 is 5.32 Å². The van der Waals surface area contributed by atoms with Crippen molar-refractivity contribution < 1.29 is 0 Å². The van der Waals surface area contributed by atoms with Crippen molar-refractivity contribution in [3.05, 3.63) is 48.0 Å². The normalized spacial score (nSPS) is 12.6. The zero-order valence-electron chi connectivity index (χ0n) is 11.0. The minimum absolute atomic E-state index is 0.127. The molecule has 4 heteroatoms. The Balaban J connectivity index is 2.23. The predicted molar refractivity (Wildman–Crippen MR) is 72.3 cm³/mol. The van der Waals surface area contributed by atoms with Crippen LogP contribution in [0.5, 0.6) is 0 Å².